The smallest absolute Gasteiger partial charge is 0.269 e. The molecule has 27 heavy (non-hydrogen) atoms. The monoisotopic (exact) mass is 384 g/mol. The van der Waals surface area contributed by atoms with E-state index in [1.807, 2.05) is 0 Å². The van der Waals surface area contributed by atoms with Gasteiger partial charge in [-0.2, -0.15) is 0 Å². The average molecular weight is 384 g/mol. The van der Waals surface area contributed by atoms with Crippen molar-refractivity contribution < 1.29 is 10.0 Å². The summed E-state index contributed by atoms with van der Waals surface area (Å²) >= 11 is 1.74. The normalized spacial score (nSPS) is 17.5. The van der Waals surface area contributed by atoms with Crippen LogP contribution >= 0.6 is 11.3 Å². The second-order valence-corrected chi connectivity index (χ2v) is 8.08. The summed E-state index contributed by atoms with van der Waals surface area (Å²) in [5.74, 6) is 1.44. The van der Waals surface area contributed by atoms with Crippen molar-refractivity contribution in [3.63, 3.8) is 0 Å². The fourth-order valence-corrected chi connectivity index (χ4v) is 4.89. The van der Waals surface area contributed by atoms with Crippen molar-refractivity contribution in [2.75, 3.05) is 11.9 Å². The number of rotatable bonds is 5. The minimum absolute atomic E-state index is 0.00977. The number of nitrogens with zero attached hydrogens (tertiary/aromatic N) is 3. The van der Waals surface area contributed by atoms with Gasteiger partial charge in [-0.1, -0.05) is 6.92 Å². The second kappa shape index (κ2) is 7.21. The fraction of sp³-hybridized carbons (Fsp3) is 0.368. The van der Waals surface area contributed by atoms with Crippen molar-refractivity contribution in [2.24, 2.45) is 5.92 Å². The van der Waals surface area contributed by atoms with E-state index >= 15 is 0 Å². The first kappa shape index (κ1) is 17.8. The van der Waals surface area contributed by atoms with Crippen molar-refractivity contribution in [3.05, 3.63) is 56.7 Å². The molecule has 1 aliphatic carbocycles. The number of hydrogen-bond donors (Lipinski definition) is 2. The van der Waals surface area contributed by atoms with Gasteiger partial charge >= 0.3 is 0 Å². The predicted molar refractivity (Wildman–Crippen MR) is 105 cm³/mol. The van der Waals surface area contributed by atoms with Crippen LogP contribution in [0.5, 0.6) is 0 Å². The van der Waals surface area contributed by atoms with Gasteiger partial charge in [-0.05, 0) is 48.4 Å². The Morgan fingerprint density at radius 1 is 1.37 bits per heavy atom. The Morgan fingerprint density at radius 3 is 2.89 bits per heavy atom. The molecule has 1 aromatic carbocycles. The first-order chi connectivity index (χ1) is 13.0. The van der Waals surface area contributed by atoms with Crippen molar-refractivity contribution >= 4 is 33.1 Å². The summed E-state index contributed by atoms with van der Waals surface area (Å²) in [7, 11) is 0. The molecule has 2 atom stereocenters. The van der Waals surface area contributed by atoms with Crippen molar-refractivity contribution in [2.45, 2.75) is 32.3 Å². The maximum Gasteiger partial charge on any atom is 0.269 e. The van der Waals surface area contributed by atoms with Gasteiger partial charge in [0, 0.05) is 23.6 Å². The van der Waals surface area contributed by atoms with Gasteiger partial charge < -0.3 is 10.4 Å². The molecule has 140 valence electrons. The zero-order valence-electron chi connectivity index (χ0n) is 14.9. The number of nitro benzene ring substituents is 1. The zero-order valence-corrected chi connectivity index (χ0v) is 15.7. The number of aromatic nitrogens is 2. The minimum Gasteiger partial charge on any atom is -0.387 e. The van der Waals surface area contributed by atoms with Crippen molar-refractivity contribution in [3.8, 4) is 0 Å². The van der Waals surface area contributed by atoms with Crippen molar-refractivity contribution in [1.82, 2.24) is 9.97 Å². The van der Waals surface area contributed by atoms with E-state index in [2.05, 4.69) is 22.2 Å². The van der Waals surface area contributed by atoms with E-state index in [-0.39, 0.29) is 12.2 Å². The first-order valence-corrected chi connectivity index (χ1v) is 9.76. The highest BCUT2D eigenvalue weighted by Crippen LogP contribution is 2.39. The van der Waals surface area contributed by atoms with Crippen LogP contribution < -0.4 is 5.32 Å². The van der Waals surface area contributed by atoms with E-state index in [0.717, 1.165) is 28.9 Å². The third kappa shape index (κ3) is 3.50. The molecule has 0 aliphatic heterocycles. The molecule has 0 amide bonds. The van der Waals surface area contributed by atoms with Crippen LogP contribution in [0.15, 0.2) is 30.6 Å². The topological polar surface area (TPSA) is 101 Å². The van der Waals surface area contributed by atoms with Crippen molar-refractivity contribution in [1.29, 1.82) is 0 Å². The lowest BCUT2D eigenvalue weighted by Gasteiger charge is -2.18. The molecule has 7 nitrogen and oxygen atoms in total. The number of aryl methyl sites for hydroxylation is 1. The molecule has 2 N–H and O–H groups in total. The lowest BCUT2D eigenvalue weighted by atomic mass is 9.89. The van der Waals surface area contributed by atoms with Crippen LogP contribution in [0.25, 0.3) is 10.2 Å². The van der Waals surface area contributed by atoms with Gasteiger partial charge in [0.15, 0.2) is 0 Å². The Bertz CT molecular complexity index is 987. The van der Waals surface area contributed by atoms with Crippen LogP contribution in [-0.2, 0) is 12.8 Å². The molecular weight excluding hydrogens is 364 g/mol. The number of nitro groups is 1. The maximum atomic E-state index is 10.7. The summed E-state index contributed by atoms with van der Waals surface area (Å²) in [4.78, 5) is 21.5. The van der Waals surface area contributed by atoms with E-state index < -0.39 is 11.0 Å². The first-order valence-electron chi connectivity index (χ1n) is 8.94. The van der Waals surface area contributed by atoms with Gasteiger partial charge in [0.1, 0.15) is 17.0 Å². The average Bonchev–Trinajstić information content (AvgIpc) is 3.04. The number of nitrogens with one attached hydrogen (secondary N) is 1. The molecular formula is C19H20N4O3S. The molecule has 0 spiro atoms. The van der Waals surface area contributed by atoms with E-state index in [9.17, 15) is 15.2 Å². The number of aliphatic hydroxyl groups is 1. The molecule has 0 radical (unpaired) electrons. The molecule has 0 saturated carbocycles. The highest BCUT2D eigenvalue weighted by molar-refractivity contribution is 7.19. The Balaban J connectivity index is 1.54. The van der Waals surface area contributed by atoms with E-state index in [4.69, 9.17) is 0 Å². The Labute approximate surface area is 160 Å². The third-order valence-corrected chi connectivity index (χ3v) is 6.21. The van der Waals surface area contributed by atoms with Crippen LogP contribution in [0, 0.1) is 16.0 Å². The molecule has 2 aromatic heterocycles. The molecule has 3 aromatic rings. The van der Waals surface area contributed by atoms with Crippen LogP contribution in [0.3, 0.4) is 0 Å². The van der Waals surface area contributed by atoms with Gasteiger partial charge in [0.05, 0.1) is 16.4 Å². The molecule has 0 unspecified atom stereocenters. The molecule has 2 heterocycles. The number of benzene rings is 1. The highest BCUT2D eigenvalue weighted by Gasteiger charge is 2.23. The molecule has 0 saturated heterocycles. The van der Waals surface area contributed by atoms with Crippen LogP contribution in [0.1, 0.15) is 35.5 Å². The largest absolute Gasteiger partial charge is 0.387 e. The lowest BCUT2D eigenvalue weighted by molar-refractivity contribution is -0.384. The number of thiophene rings is 1. The number of aliphatic hydroxyl groups excluding tert-OH is 1. The second-order valence-electron chi connectivity index (χ2n) is 7.00. The van der Waals surface area contributed by atoms with Gasteiger partial charge in [-0.15, -0.1) is 11.3 Å². The Kier molecular flexibility index (Phi) is 4.75. The molecule has 1 aliphatic rings. The number of non-ortho nitro benzene ring substituents is 1. The van der Waals surface area contributed by atoms with Crippen LogP contribution in [0.4, 0.5) is 11.5 Å². The fourth-order valence-electron chi connectivity index (χ4n) is 3.54. The lowest BCUT2D eigenvalue weighted by Crippen LogP contribution is -2.14. The quantitative estimate of drug-likeness (QED) is 0.511. The molecule has 0 fully saturated rings. The van der Waals surface area contributed by atoms with Gasteiger partial charge in [-0.25, -0.2) is 9.97 Å². The maximum absolute atomic E-state index is 10.7. The van der Waals surface area contributed by atoms with Crippen LogP contribution in [0.2, 0.25) is 0 Å². The number of hydrogen-bond acceptors (Lipinski definition) is 7. The van der Waals surface area contributed by atoms with Crippen LogP contribution in [-0.4, -0.2) is 26.5 Å². The van der Waals surface area contributed by atoms with Gasteiger partial charge in [0.25, 0.3) is 5.69 Å². The molecule has 0 bridgehead atoms. The Morgan fingerprint density at radius 2 is 2.15 bits per heavy atom. The Hall–Kier alpha value is -2.58. The van der Waals surface area contributed by atoms with Gasteiger partial charge in [0.2, 0.25) is 0 Å². The minimum atomic E-state index is -0.787. The summed E-state index contributed by atoms with van der Waals surface area (Å²) in [6.07, 6.45) is 4.04. The standard InChI is InChI=1S/C19H20N4O3S/c1-11-2-7-14-16(8-11)27-19-17(14)18(21-10-22-19)20-9-15(24)12-3-5-13(6-4-12)23(25)26/h3-6,10-11,15,24H,2,7-9H2,1H3,(H,20,21,22)/t11-,15-/m1/s1. The van der Waals surface area contributed by atoms with Gasteiger partial charge in [-0.3, -0.25) is 10.1 Å². The summed E-state index contributed by atoms with van der Waals surface area (Å²) in [6, 6.07) is 5.96. The number of anilines is 1. The molecule has 4 rings (SSSR count). The number of fused-ring (bicyclic) bond motifs is 3. The summed E-state index contributed by atoms with van der Waals surface area (Å²) in [5, 5.41) is 25.5. The zero-order chi connectivity index (χ0) is 19.0. The third-order valence-electron chi connectivity index (χ3n) is 5.04. The summed E-state index contributed by atoms with van der Waals surface area (Å²) in [5.41, 5.74) is 1.97. The highest BCUT2D eigenvalue weighted by atomic mass is 32.1. The van der Waals surface area contributed by atoms with E-state index in [1.165, 1.54) is 29.0 Å². The van der Waals surface area contributed by atoms with E-state index in [1.54, 1.807) is 29.8 Å². The summed E-state index contributed by atoms with van der Waals surface area (Å²) in [6.45, 7) is 2.55. The summed E-state index contributed by atoms with van der Waals surface area (Å²) < 4.78 is 0. The predicted octanol–water partition coefficient (Wildman–Crippen LogP) is 3.87. The SMILES string of the molecule is C[C@@H]1CCc2c(sc3ncnc(NC[C@@H](O)c4ccc([N+](=O)[O-])cc4)c23)C1. The van der Waals surface area contributed by atoms with E-state index in [0.29, 0.717) is 11.5 Å². The molecule has 8 heteroatoms.